The van der Waals surface area contributed by atoms with Gasteiger partial charge in [0, 0.05) is 18.2 Å². The van der Waals surface area contributed by atoms with Gasteiger partial charge in [-0.15, -0.1) is 0 Å². The molecule has 0 bridgehead atoms. The zero-order chi connectivity index (χ0) is 21.5. The van der Waals surface area contributed by atoms with Gasteiger partial charge in [-0.1, -0.05) is 18.2 Å². The summed E-state index contributed by atoms with van der Waals surface area (Å²) in [6, 6.07) is 14.5. The van der Waals surface area contributed by atoms with Crippen LogP contribution in [-0.4, -0.2) is 44.1 Å². The number of carbonyl (C=O) groups is 3. The van der Waals surface area contributed by atoms with Crippen molar-refractivity contribution in [1.82, 2.24) is 0 Å². The molecule has 1 atom stereocenters. The Morgan fingerprint density at radius 1 is 1.13 bits per heavy atom. The summed E-state index contributed by atoms with van der Waals surface area (Å²) in [5, 5.41) is 2.72. The van der Waals surface area contributed by atoms with Crippen LogP contribution in [0.5, 0.6) is 11.5 Å². The standard InChI is InChI=1S/C22H24N2O6/c1-15-22(27)24(12-13-29-17-6-4-3-5-7-17)18-9-8-16(14-19(18)30-15)23-20(25)10-11-21(26)28-2/h3-9,14-15H,10-13H2,1-2H3,(H,23,25). The first-order valence-corrected chi connectivity index (χ1v) is 9.64. The third-order valence-corrected chi connectivity index (χ3v) is 4.56. The average Bonchev–Trinajstić information content (AvgIpc) is 2.75. The molecule has 1 aliphatic rings. The number of rotatable bonds is 8. The molecular formula is C22H24N2O6. The number of fused-ring (bicyclic) bond motifs is 1. The van der Waals surface area contributed by atoms with Crippen molar-refractivity contribution in [3.8, 4) is 11.5 Å². The molecular weight excluding hydrogens is 388 g/mol. The number of ether oxygens (including phenoxy) is 3. The van der Waals surface area contributed by atoms with Crippen molar-refractivity contribution in [2.75, 3.05) is 30.5 Å². The molecule has 2 aromatic carbocycles. The fourth-order valence-corrected chi connectivity index (χ4v) is 3.03. The predicted octanol–water partition coefficient (Wildman–Crippen LogP) is 2.77. The Labute approximate surface area is 174 Å². The van der Waals surface area contributed by atoms with Gasteiger partial charge in [0.25, 0.3) is 5.91 Å². The number of hydrogen-bond donors (Lipinski definition) is 1. The normalized spacial score (nSPS) is 15.1. The highest BCUT2D eigenvalue weighted by atomic mass is 16.5. The third kappa shape index (κ3) is 5.28. The fraction of sp³-hybridized carbons (Fsp3) is 0.318. The van der Waals surface area contributed by atoms with E-state index in [1.54, 1.807) is 30.0 Å². The van der Waals surface area contributed by atoms with Crippen LogP contribution in [0.3, 0.4) is 0 Å². The van der Waals surface area contributed by atoms with E-state index in [0.717, 1.165) is 5.75 Å². The van der Waals surface area contributed by atoms with Crippen LogP contribution in [0.15, 0.2) is 48.5 Å². The van der Waals surface area contributed by atoms with Gasteiger partial charge >= 0.3 is 5.97 Å². The van der Waals surface area contributed by atoms with Crippen LogP contribution in [0.1, 0.15) is 19.8 Å². The van der Waals surface area contributed by atoms with Crippen molar-refractivity contribution in [2.24, 2.45) is 0 Å². The molecule has 0 aliphatic carbocycles. The van der Waals surface area contributed by atoms with Gasteiger partial charge in [0.2, 0.25) is 5.91 Å². The molecule has 158 valence electrons. The van der Waals surface area contributed by atoms with Gasteiger partial charge < -0.3 is 24.4 Å². The predicted molar refractivity (Wildman–Crippen MR) is 111 cm³/mol. The Kier molecular flexibility index (Phi) is 6.90. The molecule has 1 unspecified atom stereocenters. The van der Waals surface area contributed by atoms with Gasteiger partial charge in [0.05, 0.1) is 25.8 Å². The maximum Gasteiger partial charge on any atom is 0.306 e. The number of nitrogens with one attached hydrogen (secondary N) is 1. The number of methoxy groups -OCH3 is 1. The lowest BCUT2D eigenvalue weighted by atomic mass is 10.1. The minimum absolute atomic E-state index is 0.00447. The zero-order valence-electron chi connectivity index (χ0n) is 16.9. The van der Waals surface area contributed by atoms with Crippen LogP contribution in [-0.2, 0) is 19.1 Å². The van der Waals surface area contributed by atoms with Crippen molar-refractivity contribution >= 4 is 29.2 Å². The monoisotopic (exact) mass is 412 g/mol. The average molecular weight is 412 g/mol. The lowest BCUT2D eigenvalue weighted by molar-refractivity contribution is -0.141. The summed E-state index contributed by atoms with van der Waals surface area (Å²) >= 11 is 0. The molecule has 0 aromatic heterocycles. The number of amides is 2. The molecule has 0 radical (unpaired) electrons. The largest absolute Gasteiger partial charge is 0.492 e. The number of benzene rings is 2. The maximum absolute atomic E-state index is 12.6. The highest BCUT2D eigenvalue weighted by Crippen LogP contribution is 2.36. The molecule has 30 heavy (non-hydrogen) atoms. The Morgan fingerprint density at radius 3 is 2.63 bits per heavy atom. The number of para-hydroxylation sites is 1. The highest BCUT2D eigenvalue weighted by Gasteiger charge is 2.31. The van der Waals surface area contributed by atoms with E-state index in [1.807, 2.05) is 30.3 Å². The van der Waals surface area contributed by atoms with Crippen molar-refractivity contribution in [3.63, 3.8) is 0 Å². The molecule has 2 aromatic rings. The van der Waals surface area contributed by atoms with Crippen LogP contribution in [0.25, 0.3) is 0 Å². The Morgan fingerprint density at radius 2 is 1.90 bits per heavy atom. The molecule has 8 nitrogen and oxygen atoms in total. The van der Waals surface area contributed by atoms with Crippen LogP contribution in [0.4, 0.5) is 11.4 Å². The first-order valence-electron chi connectivity index (χ1n) is 9.64. The lowest BCUT2D eigenvalue weighted by Crippen LogP contribution is -2.46. The van der Waals surface area contributed by atoms with E-state index >= 15 is 0 Å². The molecule has 1 heterocycles. The first kappa shape index (κ1) is 21.2. The van der Waals surface area contributed by atoms with Crippen LogP contribution in [0, 0.1) is 0 Å². The van der Waals surface area contributed by atoms with Crippen molar-refractivity contribution in [2.45, 2.75) is 25.9 Å². The second-order valence-electron chi connectivity index (χ2n) is 6.72. The van der Waals surface area contributed by atoms with Gasteiger partial charge in [0.15, 0.2) is 6.10 Å². The molecule has 2 amide bonds. The van der Waals surface area contributed by atoms with Crippen LogP contribution in [0.2, 0.25) is 0 Å². The van der Waals surface area contributed by atoms with Gasteiger partial charge in [-0.05, 0) is 31.2 Å². The zero-order valence-corrected chi connectivity index (χ0v) is 16.9. The van der Waals surface area contributed by atoms with Gasteiger partial charge in [-0.25, -0.2) is 0 Å². The minimum Gasteiger partial charge on any atom is -0.492 e. The summed E-state index contributed by atoms with van der Waals surface area (Å²) in [6.07, 6.45) is -0.632. The lowest BCUT2D eigenvalue weighted by Gasteiger charge is -2.33. The van der Waals surface area contributed by atoms with E-state index < -0.39 is 12.1 Å². The summed E-state index contributed by atoms with van der Waals surface area (Å²) in [5.74, 6) is 0.311. The van der Waals surface area contributed by atoms with Crippen molar-refractivity contribution in [3.05, 3.63) is 48.5 Å². The number of carbonyl (C=O) groups excluding carboxylic acids is 3. The minimum atomic E-state index is -0.653. The van der Waals surface area contributed by atoms with E-state index in [-0.39, 0.29) is 24.7 Å². The topological polar surface area (TPSA) is 94.2 Å². The van der Waals surface area contributed by atoms with E-state index in [4.69, 9.17) is 9.47 Å². The molecule has 3 rings (SSSR count). The van der Waals surface area contributed by atoms with Gasteiger partial charge in [-0.3, -0.25) is 14.4 Å². The van der Waals surface area contributed by atoms with Crippen molar-refractivity contribution < 1.29 is 28.6 Å². The first-order chi connectivity index (χ1) is 14.5. The van der Waals surface area contributed by atoms with E-state index in [0.29, 0.717) is 30.3 Å². The third-order valence-electron chi connectivity index (χ3n) is 4.56. The number of anilines is 2. The molecule has 1 N–H and O–H groups in total. The number of hydrogen-bond acceptors (Lipinski definition) is 6. The van der Waals surface area contributed by atoms with Gasteiger partial charge in [0.1, 0.15) is 18.1 Å². The van der Waals surface area contributed by atoms with Crippen molar-refractivity contribution in [1.29, 1.82) is 0 Å². The van der Waals surface area contributed by atoms with E-state index in [1.165, 1.54) is 7.11 Å². The summed E-state index contributed by atoms with van der Waals surface area (Å²) in [6.45, 7) is 2.37. The Balaban J connectivity index is 1.66. The summed E-state index contributed by atoms with van der Waals surface area (Å²) < 4.78 is 16.0. The summed E-state index contributed by atoms with van der Waals surface area (Å²) in [7, 11) is 1.28. The molecule has 0 saturated carbocycles. The summed E-state index contributed by atoms with van der Waals surface area (Å²) in [4.78, 5) is 37.4. The smallest absolute Gasteiger partial charge is 0.306 e. The molecule has 1 aliphatic heterocycles. The Bertz CT molecular complexity index is 915. The van der Waals surface area contributed by atoms with Crippen LogP contribution >= 0.6 is 0 Å². The maximum atomic E-state index is 12.6. The quantitative estimate of drug-likeness (QED) is 0.670. The van der Waals surface area contributed by atoms with Gasteiger partial charge in [-0.2, -0.15) is 0 Å². The Hall–Kier alpha value is -3.55. The highest BCUT2D eigenvalue weighted by molar-refractivity contribution is 6.00. The summed E-state index contributed by atoms with van der Waals surface area (Å²) in [5.41, 5.74) is 1.13. The SMILES string of the molecule is COC(=O)CCC(=O)Nc1ccc2c(c1)OC(C)C(=O)N2CCOc1ccccc1. The fourth-order valence-electron chi connectivity index (χ4n) is 3.03. The molecule has 8 heteroatoms. The molecule has 0 fully saturated rings. The number of esters is 1. The molecule has 0 spiro atoms. The van der Waals surface area contributed by atoms with Crippen LogP contribution < -0.4 is 19.7 Å². The second-order valence-corrected chi connectivity index (χ2v) is 6.72. The van der Waals surface area contributed by atoms with E-state index in [2.05, 4.69) is 10.1 Å². The second kappa shape index (κ2) is 9.78. The number of nitrogens with zero attached hydrogens (tertiary/aromatic N) is 1. The molecule has 0 saturated heterocycles. The van der Waals surface area contributed by atoms with E-state index in [9.17, 15) is 14.4 Å².